The van der Waals surface area contributed by atoms with Crippen molar-refractivity contribution in [1.29, 1.82) is 0 Å². The smallest absolute Gasteiger partial charge is 0.291 e. The molecule has 4 rings (SSSR count). The fraction of sp³-hybridized carbons (Fsp3) is 0.211. The van der Waals surface area contributed by atoms with E-state index in [1.165, 1.54) is 4.90 Å². The minimum atomic E-state index is -0.257. The molecule has 1 aromatic heterocycles. The van der Waals surface area contributed by atoms with E-state index in [2.05, 4.69) is 27.5 Å². The third-order valence-electron chi connectivity index (χ3n) is 4.31. The van der Waals surface area contributed by atoms with Gasteiger partial charge in [0.25, 0.3) is 5.91 Å². The Hall–Kier alpha value is -2.31. The zero-order valence-electron chi connectivity index (χ0n) is 14.1. The lowest BCUT2D eigenvalue weighted by Gasteiger charge is -2.25. The van der Waals surface area contributed by atoms with Crippen molar-refractivity contribution in [2.24, 2.45) is 0 Å². The predicted octanol–water partition coefficient (Wildman–Crippen LogP) is 4.20. The Morgan fingerprint density at radius 3 is 2.81 bits per heavy atom. The molecule has 5 nitrogen and oxygen atoms in total. The Kier molecular flexibility index (Phi) is 4.70. The summed E-state index contributed by atoms with van der Waals surface area (Å²) in [6.07, 6.45) is 0.893. The van der Waals surface area contributed by atoms with Crippen LogP contribution in [0.15, 0.2) is 53.4 Å². The molecule has 2 aromatic carbocycles. The average molecular weight is 385 g/mol. The Morgan fingerprint density at radius 2 is 2.00 bits per heavy atom. The van der Waals surface area contributed by atoms with Crippen molar-refractivity contribution < 1.29 is 4.79 Å². The number of rotatable bonds is 3. The largest absolute Gasteiger partial charge is 0.342 e. The zero-order chi connectivity index (χ0) is 18.1. The molecule has 1 amide bonds. The number of nitrogens with zero attached hydrogens (tertiary/aromatic N) is 3. The van der Waals surface area contributed by atoms with E-state index >= 15 is 0 Å². The summed E-state index contributed by atoms with van der Waals surface area (Å²) < 4.78 is 1.65. The molecular formula is C19H17ClN4OS. The number of aromatic nitrogens is 3. The van der Waals surface area contributed by atoms with Crippen molar-refractivity contribution in [1.82, 2.24) is 20.1 Å². The number of hydrogen-bond donors (Lipinski definition) is 1. The molecule has 3 aromatic rings. The molecule has 7 heteroatoms. The van der Waals surface area contributed by atoms with Gasteiger partial charge in [-0.3, -0.25) is 4.79 Å². The van der Waals surface area contributed by atoms with Gasteiger partial charge < -0.3 is 5.32 Å². The Labute approximate surface area is 160 Å². The van der Waals surface area contributed by atoms with E-state index in [0.717, 1.165) is 23.4 Å². The predicted molar refractivity (Wildman–Crippen MR) is 103 cm³/mol. The number of carbonyl (C=O) groups is 1. The Balaban J connectivity index is 1.56. The van der Waals surface area contributed by atoms with Crippen LogP contribution in [0.5, 0.6) is 0 Å². The van der Waals surface area contributed by atoms with Gasteiger partial charge in [-0.2, -0.15) is 0 Å². The average Bonchev–Trinajstić information content (AvgIpc) is 3.05. The Morgan fingerprint density at radius 1 is 1.23 bits per heavy atom. The van der Waals surface area contributed by atoms with Crippen LogP contribution in [0, 0.1) is 6.92 Å². The highest BCUT2D eigenvalue weighted by Crippen LogP contribution is 2.35. The van der Waals surface area contributed by atoms with Crippen LogP contribution in [0.3, 0.4) is 0 Å². The first kappa shape index (κ1) is 17.1. The van der Waals surface area contributed by atoms with Gasteiger partial charge in [0.15, 0.2) is 0 Å². The van der Waals surface area contributed by atoms with Crippen LogP contribution in [0.2, 0.25) is 5.02 Å². The van der Waals surface area contributed by atoms with E-state index in [-0.39, 0.29) is 17.8 Å². The van der Waals surface area contributed by atoms with Crippen molar-refractivity contribution >= 4 is 29.3 Å². The lowest BCUT2D eigenvalue weighted by molar-refractivity contribution is 0.0924. The van der Waals surface area contributed by atoms with E-state index in [1.54, 1.807) is 16.8 Å². The molecule has 0 spiro atoms. The number of hydrogen-bond acceptors (Lipinski definition) is 4. The molecule has 0 aliphatic carbocycles. The van der Waals surface area contributed by atoms with Crippen LogP contribution in [0.1, 0.15) is 34.5 Å². The SMILES string of the molecule is Cc1nc(C(=O)NC2CCSc3ccccc32)nn1-c1ccc(Cl)cc1. The van der Waals surface area contributed by atoms with Crippen LogP contribution < -0.4 is 5.32 Å². The lowest BCUT2D eigenvalue weighted by atomic mass is 10.0. The summed E-state index contributed by atoms with van der Waals surface area (Å²) in [6, 6.07) is 15.4. The summed E-state index contributed by atoms with van der Waals surface area (Å²) in [5.74, 6) is 1.55. The molecule has 1 N–H and O–H groups in total. The number of amides is 1. The first-order chi connectivity index (χ1) is 12.6. The number of fused-ring (bicyclic) bond motifs is 1. The van der Waals surface area contributed by atoms with Crippen molar-refractivity contribution in [3.8, 4) is 5.69 Å². The van der Waals surface area contributed by atoms with Crippen LogP contribution >= 0.6 is 23.4 Å². The maximum absolute atomic E-state index is 12.7. The third kappa shape index (κ3) is 3.34. The maximum atomic E-state index is 12.7. The van der Waals surface area contributed by atoms with Gasteiger partial charge in [0.2, 0.25) is 5.82 Å². The Bertz CT molecular complexity index is 954. The zero-order valence-corrected chi connectivity index (χ0v) is 15.7. The summed E-state index contributed by atoms with van der Waals surface area (Å²) in [7, 11) is 0. The number of aryl methyl sites for hydroxylation is 1. The molecule has 0 bridgehead atoms. The fourth-order valence-corrected chi connectivity index (χ4v) is 4.28. The molecule has 1 aliphatic heterocycles. The van der Waals surface area contributed by atoms with Crippen LogP contribution in [-0.2, 0) is 0 Å². The van der Waals surface area contributed by atoms with Crippen molar-refractivity contribution in [2.75, 3.05) is 5.75 Å². The molecule has 0 fully saturated rings. The molecule has 1 aliphatic rings. The summed E-state index contributed by atoms with van der Waals surface area (Å²) in [5, 5.41) is 8.11. The van der Waals surface area contributed by atoms with Crippen molar-refractivity contribution in [3.05, 3.63) is 70.8 Å². The fourth-order valence-electron chi connectivity index (χ4n) is 3.03. The quantitative estimate of drug-likeness (QED) is 0.735. The van der Waals surface area contributed by atoms with Crippen LogP contribution in [-0.4, -0.2) is 26.4 Å². The van der Waals surface area contributed by atoms with Gasteiger partial charge >= 0.3 is 0 Å². The van der Waals surface area contributed by atoms with Gasteiger partial charge in [-0.25, -0.2) is 9.67 Å². The van der Waals surface area contributed by atoms with Crippen molar-refractivity contribution in [3.63, 3.8) is 0 Å². The summed E-state index contributed by atoms with van der Waals surface area (Å²) >= 11 is 7.76. The summed E-state index contributed by atoms with van der Waals surface area (Å²) in [4.78, 5) is 18.3. The molecule has 26 heavy (non-hydrogen) atoms. The highest BCUT2D eigenvalue weighted by molar-refractivity contribution is 7.99. The second kappa shape index (κ2) is 7.13. The summed E-state index contributed by atoms with van der Waals surface area (Å²) in [6.45, 7) is 1.82. The highest BCUT2D eigenvalue weighted by atomic mass is 35.5. The van der Waals surface area contributed by atoms with Crippen molar-refractivity contribution in [2.45, 2.75) is 24.3 Å². The van der Waals surface area contributed by atoms with E-state index in [0.29, 0.717) is 10.8 Å². The van der Waals surface area contributed by atoms with Gasteiger partial charge in [0.05, 0.1) is 11.7 Å². The highest BCUT2D eigenvalue weighted by Gasteiger charge is 2.24. The molecule has 132 valence electrons. The molecule has 2 heterocycles. The van der Waals surface area contributed by atoms with Gasteiger partial charge in [-0.05, 0) is 49.2 Å². The molecule has 0 radical (unpaired) electrons. The van der Waals surface area contributed by atoms with Gasteiger partial charge in [-0.15, -0.1) is 16.9 Å². The second-order valence-electron chi connectivity index (χ2n) is 6.07. The summed E-state index contributed by atoms with van der Waals surface area (Å²) in [5.41, 5.74) is 1.98. The second-order valence-corrected chi connectivity index (χ2v) is 7.65. The van der Waals surface area contributed by atoms with Gasteiger partial charge in [0.1, 0.15) is 5.82 Å². The maximum Gasteiger partial charge on any atom is 0.291 e. The molecule has 0 saturated carbocycles. The molecule has 1 atom stereocenters. The first-order valence-corrected chi connectivity index (χ1v) is 9.70. The minimum absolute atomic E-state index is 0.0114. The van der Waals surface area contributed by atoms with Crippen LogP contribution in [0.4, 0.5) is 0 Å². The van der Waals surface area contributed by atoms with Gasteiger partial charge in [0, 0.05) is 15.7 Å². The van der Waals surface area contributed by atoms with E-state index in [9.17, 15) is 4.79 Å². The number of halogens is 1. The van der Waals surface area contributed by atoms with Crippen LogP contribution in [0.25, 0.3) is 5.69 Å². The lowest BCUT2D eigenvalue weighted by Crippen LogP contribution is -2.31. The standard InChI is InChI=1S/C19H17ClN4OS/c1-12-21-18(23-24(12)14-8-6-13(20)7-9-14)19(25)22-16-10-11-26-17-5-3-2-4-15(16)17/h2-9,16H,10-11H2,1H3,(H,22,25). The molecular weight excluding hydrogens is 368 g/mol. The number of thioether (sulfide) groups is 1. The monoisotopic (exact) mass is 384 g/mol. The number of carbonyl (C=O) groups excluding carboxylic acids is 1. The number of benzene rings is 2. The normalized spacial score (nSPS) is 16.2. The van der Waals surface area contributed by atoms with Gasteiger partial charge in [-0.1, -0.05) is 29.8 Å². The number of nitrogens with one attached hydrogen (secondary N) is 1. The third-order valence-corrected chi connectivity index (χ3v) is 5.68. The topological polar surface area (TPSA) is 59.8 Å². The molecule has 0 saturated heterocycles. The van der Waals surface area contributed by atoms with E-state index < -0.39 is 0 Å². The minimum Gasteiger partial charge on any atom is -0.342 e. The first-order valence-electron chi connectivity index (χ1n) is 8.34. The molecule has 1 unspecified atom stereocenters. The van der Waals surface area contributed by atoms with E-state index in [4.69, 9.17) is 11.6 Å². The van der Waals surface area contributed by atoms with E-state index in [1.807, 2.05) is 43.0 Å².